The lowest BCUT2D eigenvalue weighted by molar-refractivity contribution is 0.0594. The SMILES string of the molecule is COC(=O)c1coc(CN(CCC(C)C)C(=O)NC(C)(C)C)n1. The molecule has 0 atom stereocenters. The molecule has 0 saturated heterocycles. The number of hydrogen-bond donors (Lipinski definition) is 1. The zero-order chi connectivity index (χ0) is 17.6. The van der Waals surface area contributed by atoms with E-state index in [0.717, 1.165) is 6.42 Å². The molecule has 7 heteroatoms. The molecular weight excluding hydrogens is 298 g/mol. The number of nitrogens with zero attached hydrogens (tertiary/aromatic N) is 2. The molecule has 23 heavy (non-hydrogen) atoms. The molecule has 0 fully saturated rings. The van der Waals surface area contributed by atoms with Gasteiger partial charge in [0.1, 0.15) is 6.26 Å². The minimum absolute atomic E-state index is 0.0996. The molecule has 0 aromatic carbocycles. The molecule has 0 unspecified atom stereocenters. The number of hydrogen-bond acceptors (Lipinski definition) is 5. The number of carbonyl (C=O) groups excluding carboxylic acids is 2. The topological polar surface area (TPSA) is 84.7 Å². The Morgan fingerprint density at radius 2 is 2.04 bits per heavy atom. The molecule has 1 aromatic rings. The van der Waals surface area contributed by atoms with Crippen LogP contribution in [0.1, 0.15) is 57.4 Å². The van der Waals surface area contributed by atoms with Gasteiger partial charge >= 0.3 is 12.0 Å². The molecular formula is C16H27N3O4. The van der Waals surface area contributed by atoms with Crippen LogP contribution < -0.4 is 5.32 Å². The summed E-state index contributed by atoms with van der Waals surface area (Å²) in [6.45, 7) is 10.7. The van der Waals surface area contributed by atoms with E-state index in [2.05, 4.69) is 28.9 Å². The summed E-state index contributed by atoms with van der Waals surface area (Å²) in [5, 5.41) is 2.93. The van der Waals surface area contributed by atoms with Crippen molar-refractivity contribution in [3.63, 3.8) is 0 Å². The number of oxazole rings is 1. The number of nitrogens with one attached hydrogen (secondary N) is 1. The fourth-order valence-corrected chi connectivity index (χ4v) is 1.81. The third-order valence-electron chi connectivity index (χ3n) is 3.02. The molecule has 0 aliphatic carbocycles. The lowest BCUT2D eigenvalue weighted by Crippen LogP contribution is -2.48. The number of esters is 1. The van der Waals surface area contributed by atoms with Crippen molar-refractivity contribution < 1.29 is 18.7 Å². The predicted molar refractivity (Wildman–Crippen MR) is 86.0 cm³/mol. The fourth-order valence-electron chi connectivity index (χ4n) is 1.81. The van der Waals surface area contributed by atoms with Crippen molar-refractivity contribution in [2.24, 2.45) is 5.92 Å². The predicted octanol–water partition coefficient (Wildman–Crippen LogP) is 2.82. The summed E-state index contributed by atoms with van der Waals surface area (Å²) >= 11 is 0. The first-order valence-corrected chi connectivity index (χ1v) is 7.72. The Labute approximate surface area is 137 Å². The van der Waals surface area contributed by atoms with Crippen LogP contribution in [0.25, 0.3) is 0 Å². The van der Waals surface area contributed by atoms with E-state index in [9.17, 15) is 9.59 Å². The van der Waals surface area contributed by atoms with E-state index in [1.807, 2.05) is 20.8 Å². The molecule has 7 nitrogen and oxygen atoms in total. The Hall–Kier alpha value is -2.05. The van der Waals surface area contributed by atoms with Gasteiger partial charge in [0.2, 0.25) is 5.89 Å². The molecule has 1 aromatic heterocycles. The minimum Gasteiger partial charge on any atom is -0.464 e. The highest BCUT2D eigenvalue weighted by Gasteiger charge is 2.22. The highest BCUT2D eigenvalue weighted by atomic mass is 16.5. The quantitative estimate of drug-likeness (QED) is 0.813. The van der Waals surface area contributed by atoms with Gasteiger partial charge in [-0.1, -0.05) is 13.8 Å². The largest absolute Gasteiger partial charge is 0.464 e. The fraction of sp³-hybridized carbons (Fsp3) is 0.688. The van der Waals surface area contributed by atoms with Crippen LogP contribution in [-0.4, -0.2) is 41.1 Å². The van der Waals surface area contributed by atoms with Crippen LogP contribution in [0.5, 0.6) is 0 Å². The molecule has 130 valence electrons. The van der Waals surface area contributed by atoms with Gasteiger partial charge in [-0.05, 0) is 33.1 Å². The Balaban J connectivity index is 2.81. The average Bonchev–Trinajstić information content (AvgIpc) is 2.88. The number of methoxy groups -OCH3 is 1. The van der Waals surface area contributed by atoms with Crippen molar-refractivity contribution in [3.05, 3.63) is 17.8 Å². The van der Waals surface area contributed by atoms with E-state index < -0.39 is 5.97 Å². The third-order valence-corrected chi connectivity index (χ3v) is 3.02. The first kappa shape index (κ1) is 19.0. The zero-order valence-electron chi connectivity index (χ0n) is 14.8. The molecule has 1 rings (SSSR count). The van der Waals surface area contributed by atoms with Crippen LogP contribution in [0.3, 0.4) is 0 Å². The van der Waals surface area contributed by atoms with Crippen molar-refractivity contribution in [1.82, 2.24) is 15.2 Å². The number of rotatable bonds is 6. The smallest absolute Gasteiger partial charge is 0.360 e. The van der Waals surface area contributed by atoms with Crippen LogP contribution in [0.4, 0.5) is 4.79 Å². The molecule has 0 radical (unpaired) electrons. The third kappa shape index (κ3) is 6.71. The lowest BCUT2D eigenvalue weighted by atomic mass is 10.1. The summed E-state index contributed by atoms with van der Waals surface area (Å²) in [5.74, 6) is 0.209. The van der Waals surface area contributed by atoms with Gasteiger partial charge in [-0.25, -0.2) is 14.6 Å². The highest BCUT2D eigenvalue weighted by molar-refractivity contribution is 5.86. The summed E-state index contributed by atoms with van der Waals surface area (Å²) in [6, 6.07) is -0.184. The van der Waals surface area contributed by atoms with Gasteiger partial charge in [0.25, 0.3) is 0 Å². The summed E-state index contributed by atoms with van der Waals surface area (Å²) < 4.78 is 9.86. The molecule has 1 N–H and O–H groups in total. The maximum Gasteiger partial charge on any atom is 0.360 e. The summed E-state index contributed by atoms with van der Waals surface area (Å²) in [7, 11) is 1.28. The monoisotopic (exact) mass is 325 g/mol. The maximum absolute atomic E-state index is 12.4. The second-order valence-electron chi connectivity index (χ2n) is 6.90. The van der Waals surface area contributed by atoms with E-state index in [-0.39, 0.29) is 23.8 Å². The number of urea groups is 1. The van der Waals surface area contributed by atoms with E-state index >= 15 is 0 Å². The second-order valence-corrected chi connectivity index (χ2v) is 6.90. The number of amides is 2. The molecule has 1 heterocycles. The van der Waals surface area contributed by atoms with E-state index in [1.54, 1.807) is 4.90 Å². The van der Waals surface area contributed by atoms with Gasteiger partial charge in [-0.15, -0.1) is 0 Å². The minimum atomic E-state index is -0.562. The summed E-state index contributed by atoms with van der Waals surface area (Å²) in [6.07, 6.45) is 2.10. The molecule has 0 spiro atoms. The van der Waals surface area contributed by atoms with Crippen molar-refractivity contribution in [1.29, 1.82) is 0 Å². The highest BCUT2D eigenvalue weighted by Crippen LogP contribution is 2.11. The van der Waals surface area contributed by atoms with E-state index in [0.29, 0.717) is 18.4 Å². The molecule has 2 amide bonds. The van der Waals surface area contributed by atoms with Gasteiger partial charge < -0.3 is 19.4 Å². The Morgan fingerprint density at radius 1 is 1.39 bits per heavy atom. The summed E-state index contributed by atoms with van der Waals surface area (Å²) in [5.41, 5.74) is -0.233. The Bertz CT molecular complexity index is 532. The first-order valence-electron chi connectivity index (χ1n) is 7.72. The van der Waals surface area contributed by atoms with Crippen LogP contribution in [0.2, 0.25) is 0 Å². The van der Waals surface area contributed by atoms with E-state index in [1.165, 1.54) is 13.4 Å². The Kier molecular flexibility index (Phi) is 6.60. The number of aromatic nitrogens is 1. The normalized spacial score (nSPS) is 11.4. The number of ether oxygens (including phenoxy) is 1. The molecule has 0 saturated carbocycles. The van der Waals surface area contributed by atoms with Crippen LogP contribution in [0.15, 0.2) is 10.7 Å². The number of carbonyl (C=O) groups is 2. The summed E-state index contributed by atoms with van der Waals surface area (Å²) in [4.78, 5) is 29.5. The van der Waals surface area contributed by atoms with Crippen LogP contribution in [0, 0.1) is 5.92 Å². The van der Waals surface area contributed by atoms with Crippen molar-refractivity contribution in [2.75, 3.05) is 13.7 Å². The standard InChI is InChI=1S/C16H27N3O4/c1-11(2)7-8-19(15(21)18-16(3,4)5)9-13-17-12(10-23-13)14(20)22-6/h10-11H,7-9H2,1-6H3,(H,18,21). The molecule has 0 aliphatic heterocycles. The zero-order valence-corrected chi connectivity index (χ0v) is 14.8. The van der Waals surface area contributed by atoms with Crippen molar-refractivity contribution in [3.8, 4) is 0 Å². The van der Waals surface area contributed by atoms with Crippen molar-refractivity contribution in [2.45, 2.75) is 53.1 Å². The van der Waals surface area contributed by atoms with Gasteiger partial charge in [-0.3, -0.25) is 0 Å². The second kappa shape index (κ2) is 7.99. The van der Waals surface area contributed by atoms with Crippen molar-refractivity contribution >= 4 is 12.0 Å². The maximum atomic E-state index is 12.4. The van der Waals surface area contributed by atoms with Crippen LogP contribution in [-0.2, 0) is 11.3 Å². The first-order chi connectivity index (χ1) is 10.6. The average molecular weight is 325 g/mol. The molecule has 0 bridgehead atoms. The lowest BCUT2D eigenvalue weighted by Gasteiger charge is -2.28. The van der Waals surface area contributed by atoms with Gasteiger partial charge in [0.05, 0.1) is 13.7 Å². The molecule has 0 aliphatic rings. The van der Waals surface area contributed by atoms with E-state index in [4.69, 9.17) is 4.42 Å². The van der Waals surface area contributed by atoms with Crippen LogP contribution >= 0.6 is 0 Å². The Morgan fingerprint density at radius 3 is 2.57 bits per heavy atom. The van der Waals surface area contributed by atoms with Gasteiger partial charge in [-0.2, -0.15) is 0 Å². The van der Waals surface area contributed by atoms with Gasteiger partial charge in [0, 0.05) is 12.1 Å². The van der Waals surface area contributed by atoms with Gasteiger partial charge in [0.15, 0.2) is 5.69 Å².